The second-order valence-electron chi connectivity index (χ2n) is 4.23. The molecule has 0 aliphatic heterocycles. The highest BCUT2D eigenvalue weighted by molar-refractivity contribution is 5.76. The number of unbranched alkanes of at least 4 members (excludes halogenated alkanes) is 2. The van der Waals surface area contributed by atoms with E-state index in [0.29, 0.717) is 6.42 Å². The van der Waals surface area contributed by atoms with Gasteiger partial charge in [0.2, 0.25) is 6.29 Å². The Bertz CT molecular complexity index is 201. The molecule has 0 aliphatic rings. The Balaban J connectivity index is 4.02. The molecule has 0 fully saturated rings. The predicted molar refractivity (Wildman–Crippen MR) is 58.5 cm³/mol. The first-order valence-electron chi connectivity index (χ1n) is 5.61. The van der Waals surface area contributed by atoms with Gasteiger partial charge in [-0.2, -0.15) is 0 Å². The van der Waals surface area contributed by atoms with Crippen LogP contribution in [0.4, 0.5) is 0 Å². The lowest BCUT2D eigenvalue weighted by Crippen LogP contribution is -2.39. The second kappa shape index (κ2) is 7.60. The molecule has 3 N–H and O–H groups in total. The lowest BCUT2D eigenvalue weighted by Gasteiger charge is -2.24. The third-order valence-electron chi connectivity index (χ3n) is 2.49. The van der Waals surface area contributed by atoms with Crippen LogP contribution >= 0.6 is 0 Å². The van der Waals surface area contributed by atoms with Crippen molar-refractivity contribution in [1.29, 1.82) is 0 Å². The van der Waals surface area contributed by atoms with E-state index in [-0.39, 0.29) is 0 Å². The average molecular weight is 234 g/mol. The molecule has 0 saturated carbocycles. The molecule has 0 aromatic heterocycles. The maximum absolute atomic E-state index is 11.5. The SMILES string of the molecule is CCCCCC(O)OC(=O)C(C)(CO)CO. The van der Waals surface area contributed by atoms with Gasteiger partial charge in [0, 0.05) is 6.42 Å². The van der Waals surface area contributed by atoms with E-state index in [4.69, 9.17) is 14.9 Å². The van der Waals surface area contributed by atoms with E-state index in [1.54, 1.807) is 0 Å². The number of aliphatic hydroxyl groups excluding tert-OH is 3. The molecule has 5 heteroatoms. The molecule has 96 valence electrons. The predicted octanol–water partition coefficient (Wildman–Crippen LogP) is 0.419. The molecule has 0 aliphatic carbocycles. The highest BCUT2D eigenvalue weighted by Crippen LogP contribution is 2.18. The number of esters is 1. The Morgan fingerprint density at radius 2 is 1.88 bits per heavy atom. The monoisotopic (exact) mass is 234 g/mol. The van der Waals surface area contributed by atoms with Gasteiger partial charge >= 0.3 is 5.97 Å². The van der Waals surface area contributed by atoms with Crippen LogP contribution in [0.2, 0.25) is 0 Å². The van der Waals surface area contributed by atoms with E-state index in [9.17, 15) is 9.90 Å². The van der Waals surface area contributed by atoms with Crippen molar-refractivity contribution in [2.24, 2.45) is 5.41 Å². The maximum Gasteiger partial charge on any atom is 0.318 e. The topological polar surface area (TPSA) is 87.0 Å². The molecule has 0 heterocycles. The van der Waals surface area contributed by atoms with Crippen LogP contribution in [0.25, 0.3) is 0 Å². The van der Waals surface area contributed by atoms with Crippen molar-refractivity contribution >= 4 is 5.97 Å². The Morgan fingerprint density at radius 3 is 2.31 bits per heavy atom. The quantitative estimate of drug-likeness (QED) is 0.322. The highest BCUT2D eigenvalue weighted by atomic mass is 16.6. The minimum atomic E-state index is -1.34. The highest BCUT2D eigenvalue weighted by Gasteiger charge is 2.34. The third-order valence-corrected chi connectivity index (χ3v) is 2.49. The van der Waals surface area contributed by atoms with Gasteiger partial charge in [-0.25, -0.2) is 0 Å². The fraction of sp³-hybridized carbons (Fsp3) is 0.909. The van der Waals surface area contributed by atoms with Gasteiger partial charge in [0.25, 0.3) is 0 Å². The van der Waals surface area contributed by atoms with Gasteiger partial charge in [0.05, 0.1) is 13.2 Å². The molecule has 0 bridgehead atoms. The smallest absolute Gasteiger partial charge is 0.318 e. The van der Waals surface area contributed by atoms with Crippen LogP contribution in [0, 0.1) is 5.41 Å². The summed E-state index contributed by atoms with van der Waals surface area (Å²) in [6, 6.07) is 0. The zero-order valence-electron chi connectivity index (χ0n) is 9.98. The summed E-state index contributed by atoms with van der Waals surface area (Å²) in [5, 5.41) is 27.3. The zero-order chi connectivity index (χ0) is 12.6. The minimum absolute atomic E-state index is 0.381. The van der Waals surface area contributed by atoms with Crippen LogP contribution in [0.5, 0.6) is 0 Å². The molecular weight excluding hydrogens is 212 g/mol. The van der Waals surface area contributed by atoms with E-state index < -0.39 is 30.9 Å². The molecule has 0 rings (SSSR count). The number of ether oxygens (including phenoxy) is 1. The van der Waals surface area contributed by atoms with Crippen LogP contribution in [-0.4, -0.2) is 40.8 Å². The van der Waals surface area contributed by atoms with E-state index >= 15 is 0 Å². The molecule has 0 radical (unpaired) electrons. The number of rotatable bonds is 8. The van der Waals surface area contributed by atoms with E-state index in [1.165, 1.54) is 6.92 Å². The first-order chi connectivity index (χ1) is 7.50. The molecule has 0 saturated heterocycles. The molecule has 1 unspecified atom stereocenters. The van der Waals surface area contributed by atoms with Crippen LogP contribution in [-0.2, 0) is 9.53 Å². The summed E-state index contributed by atoms with van der Waals surface area (Å²) in [6.07, 6.45) is 1.99. The average Bonchev–Trinajstić information content (AvgIpc) is 2.28. The molecule has 0 amide bonds. The third kappa shape index (κ3) is 4.92. The summed E-state index contributed by atoms with van der Waals surface area (Å²) >= 11 is 0. The van der Waals surface area contributed by atoms with Gasteiger partial charge in [-0.3, -0.25) is 4.79 Å². The van der Waals surface area contributed by atoms with Gasteiger partial charge in [0.15, 0.2) is 0 Å². The van der Waals surface area contributed by atoms with Crippen LogP contribution in [0.15, 0.2) is 0 Å². The summed E-state index contributed by atoms with van der Waals surface area (Å²) in [5.74, 6) is -0.776. The maximum atomic E-state index is 11.5. The second-order valence-corrected chi connectivity index (χ2v) is 4.23. The molecule has 5 nitrogen and oxygen atoms in total. The van der Waals surface area contributed by atoms with Crippen LogP contribution in [0.3, 0.4) is 0 Å². The first-order valence-corrected chi connectivity index (χ1v) is 5.61. The Kier molecular flexibility index (Phi) is 7.29. The molecule has 0 aromatic rings. The fourth-order valence-corrected chi connectivity index (χ4v) is 1.07. The van der Waals surface area contributed by atoms with Crippen LogP contribution in [0.1, 0.15) is 39.5 Å². The lowest BCUT2D eigenvalue weighted by molar-refractivity contribution is -0.184. The first kappa shape index (κ1) is 15.3. The van der Waals surface area contributed by atoms with Crippen molar-refractivity contribution in [1.82, 2.24) is 0 Å². The lowest BCUT2D eigenvalue weighted by atomic mass is 9.93. The van der Waals surface area contributed by atoms with Gasteiger partial charge < -0.3 is 20.1 Å². The Morgan fingerprint density at radius 1 is 1.31 bits per heavy atom. The van der Waals surface area contributed by atoms with Gasteiger partial charge in [-0.15, -0.1) is 0 Å². The largest absolute Gasteiger partial charge is 0.435 e. The number of hydrogen-bond acceptors (Lipinski definition) is 5. The zero-order valence-corrected chi connectivity index (χ0v) is 9.98. The minimum Gasteiger partial charge on any atom is -0.435 e. The summed E-state index contributed by atoms with van der Waals surface area (Å²) < 4.78 is 4.74. The summed E-state index contributed by atoms with van der Waals surface area (Å²) in [5.41, 5.74) is -1.34. The molecule has 0 aromatic carbocycles. The number of carbonyl (C=O) groups excluding carboxylic acids is 1. The Labute approximate surface area is 96.0 Å². The Hall–Kier alpha value is -0.650. The van der Waals surface area contributed by atoms with Crippen molar-refractivity contribution in [3.8, 4) is 0 Å². The van der Waals surface area contributed by atoms with Gasteiger partial charge in [-0.05, 0) is 13.3 Å². The number of hydrogen-bond donors (Lipinski definition) is 3. The molecule has 1 atom stereocenters. The standard InChI is InChI=1S/C11H22O5/c1-3-4-5-6-9(14)16-10(15)11(2,7-12)8-13/h9,12-14H,3-8H2,1-2H3. The van der Waals surface area contributed by atoms with Crippen molar-refractivity contribution in [3.05, 3.63) is 0 Å². The van der Waals surface area contributed by atoms with Crippen molar-refractivity contribution in [2.45, 2.75) is 45.8 Å². The summed E-state index contributed by atoms with van der Waals surface area (Å²) in [4.78, 5) is 11.5. The van der Waals surface area contributed by atoms with Gasteiger partial charge in [0.1, 0.15) is 5.41 Å². The fourth-order valence-electron chi connectivity index (χ4n) is 1.07. The molecule has 16 heavy (non-hydrogen) atoms. The van der Waals surface area contributed by atoms with Crippen molar-refractivity contribution < 1.29 is 24.9 Å². The van der Waals surface area contributed by atoms with Crippen LogP contribution < -0.4 is 0 Å². The normalized spacial score (nSPS) is 13.6. The van der Waals surface area contributed by atoms with E-state index in [1.807, 2.05) is 6.92 Å². The number of aliphatic hydroxyl groups is 3. The summed E-state index contributed by atoms with van der Waals surface area (Å²) in [7, 11) is 0. The van der Waals surface area contributed by atoms with Gasteiger partial charge in [-0.1, -0.05) is 19.8 Å². The van der Waals surface area contributed by atoms with E-state index in [0.717, 1.165) is 19.3 Å². The van der Waals surface area contributed by atoms with E-state index in [2.05, 4.69) is 0 Å². The molecule has 0 spiro atoms. The molecular formula is C11H22O5. The number of carbonyl (C=O) groups is 1. The summed E-state index contributed by atoms with van der Waals surface area (Å²) in [6.45, 7) is 2.40. The van der Waals surface area contributed by atoms with Crippen molar-refractivity contribution in [3.63, 3.8) is 0 Å². The van der Waals surface area contributed by atoms with Crippen molar-refractivity contribution in [2.75, 3.05) is 13.2 Å².